The number of fused-ring (bicyclic) bond motifs is 2. The molecule has 0 amide bonds. The molecule has 2 aliphatic heterocycles. The van der Waals surface area contributed by atoms with Crippen LogP contribution in [0.4, 0.5) is 0 Å². The van der Waals surface area contributed by atoms with Crippen molar-refractivity contribution in [2.24, 2.45) is 5.92 Å². The zero-order chi connectivity index (χ0) is 15.7. The smallest absolute Gasteiger partial charge is 0.338 e. The predicted octanol–water partition coefficient (Wildman–Crippen LogP) is 1.87. The fourth-order valence-electron chi connectivity index (χ4n) is 3.77. The third-order valence-electron chi connectivity index (χ3n) is 4.96. The number of nitrogens with zero attached hydrogens (tertiary/aromatic N) is 1. The third kappa shape index (κ3) is 2.61. The second-order valence-electron chi connectivity index (χ2n) is 6.06. The van der Waals surface area contributed by atoms with Gasteiger partial charge in [-0.2, -0.15) is 0 Å². The molecule has 4 atom stereocenters. The number of methoxy groups -OCH3 is 1. The van der Waals surface area contributed by atoms with Crippen LogP contribution in [0.2, 0.25) is 0 Å². The molecule has 0 aliphatic carbocycles. The highest BCUT2D eigenvalue weighted by molar-refractivity contribution is 5.89. The second kappa shape index (κ2) is 6.08. The molecule has 0 radical (unpaired) electrons. The molecule has 1 aromatic carbocycles. The van der Waals surface area contributed by atoms with E-state index in [-0.39, 0.29) is 18.0 Å². The van der Waals surface area contributed by atoms with Gasteiger partial charge in [0.05, 0.1) is 12.7 Å². The van der Waals surface area contributed by atoms with Crippen LogP contribution in [0.15, 0.2) is 30.3 Å². The largest absolute Gasteiger partial charge is 0.469 e. The van der Waals surface area contributed by atoms with Gasteiger partial charge in [-0.3, -0.25) is 9.69 Å². The van der Waals surface area contributed by atoms with Crippen molar-refractivity contribution in [3.8, 4) is 0 Å². The molecule has 3 rings (SSSR count). The summed E-state index contributed by atoms with van der Waals surface area (Å²) >= 11 is 0. The maximum Gasteiger partial charge on any atom is 0.338 e. The van der Waals surface area contributed by atoms with Crippen molar-refractivity contribution in [1.82, 2.24) is 4.90 Å². The lowest BCUT2D eigenvalue weighted by atomic mass is 9.87. The van der Waals surface area contributed by atoms with Crippen LogP contribution >= 0.6 is 0 Å². The van der Waals surface area contributed by atoms with Gasteiger partial charge in [0, 0.05) is 18.5 Å². The van der Waals surface area contributed by atoms with E-state index in [4.69, 9.17) is 9.47 Å². The molecule has 2 saturated heterocycles. The van der Waals surface area contributed by atoms with Gasteiger partial charge < -0.3 is 9.47 Å². The Balaban J connectivity index is 1.79. The second-order valence-corrected chi connectivity index (χ2v) is 6.06. The summed E-state index contributed by atoms with van der Waals surface area (Å²) in [5, 5.41) is 0. The lowest BCUT2D eigenvalue weighted by molar-refractivity contribution is -0.156. The van der Waals surface area contributed by atoms with Crippen LogP contribution in [-0.2, 0) is 14.3 Å². The van der Waals surface area contributed by atoms with Crippen LogP contribution in [0.5, 0.6) is 0 Å². The minimum Gasteiger partial charge on any atom is -0.469 e. The van der Waals surface area contributed by atoms with Crippen molar-refractivity contribution < 1.29 is 19.1 Å². The Morgan fingerprint density at radius 1 is 1.18 bits per heavy atom. The van der Waals surface area contributed by atoms with E-state index in [2.05, 4.69) is 4.90 Å². The average Bonchev–Trinajstić information content (AvgIpc) is 2.78. The van der Waals surface area contributed by atoms with E-state index >= 15 is 0 Å². The molecular formula is C17H21NO4. The van der Waals surface area contributed by atoms with Crippen molar-refractivity contribution in [1.29, 1.82) is 0 Å². The summed E-state index contributed by atoms with van der Waals surface area (Å²) in [4.78, 5) is 26.7. The van der Waals surface area contributed by atoms with Gasteiger partial charge in [0.15, 0.2) is 0 Å². The van der Waals surface area contributed by atoms with E-state index in [0.29, 0.717) is 18.0 Å². The number of piperidine rings is 1. The van der Waals surface area contributed by atoms with E-state index in [1.54, 1.807) is 24.3 Å². The Morgan fingerprint density at radius 3 is 2.59 bits per heavy atom. The van der Waals surface area contributed by atoms with Gasteiger partial charge in [-0.25, -0.2) is 4.79 Å². The summed E-state index contributed by atoms with van der Waals surface area (Å²) in [6.45, 7) is 0. The predicted molar refractivity (Wildman–Crippen MR) is 80.3 cm³/mol. The monoisotopic (exact) mass is 303 g/mol. The molecule has 1 aromatic rings. The molecule has 0 N–H and O–H groups in total. The van der Waals surface area contributed by atoms with Gasteiger partial charge in [-0.05, 0) is 32.0 Å². The molecule has 22 heavy (non-hydrogen) atoms. The molecule has 5 nitrogen and oxygen atoms in total. The zero-order valence-electron chi connectivity index (χ0n) is 12.9. The summed E-state index contributed by atoms with van der Waals surface area (Å²) in [5.74, 6) is -1.06. The van der Waals surface area contributed by atoms with Gasteiger partial charge >= 0.3 is 11.9 Å². The molecule has 0 spiro atoms. The van der Waals surface area contributed by atoms with E-state index in [1.165, 1.54) is 7.11 Å². The van der Waals surface area contributed by atoms with Crippen molar-refractivity contribution in [3.05, 3.63) is 35.9 Å². The summed E-state index contributed by atoms with van der Waals surface area (Å²) in [6.07, 6.45) is 2.26. The quantitative estimate of drug-likeness (QED) is 0.798. The summed E-state index contributed by atoms with van der Waals surface area (Å²) in [6, 6.07) is 9.36. The highest BCUT2D eigenvalue weighted by atomic mass is 16.6. The van der Waals surface area contributed by atoms with E-state index in [1.807, 2.05) is 13.1 Å². The number of hydrogen-bond acceptors (Lipinski definition) is 5. The first kappa shape index (κ1) is 15.0. The van der Waals surface area contributed by atoms with E-state index < -0.39 is 12.0 Å². The van der Waals surface area contributed by atoms with Crippen LogP contribution in [0, 0.1) is 5.92 Å². The van der Waals surface area contributed by atoms with Crippen molar-refractivity contribution >= 4 is 11.9 Å². The number of carbonyl (C=O) groups is 2. The highest BCUT2D eigenvalue weighted by Crippen LogP contribution is 2.40. The van der Waals surface area contributed by atoms with E-state index in [0.717, 1.165) is 12.8 Å². The molecular weight excluding hydrogens is 282 g/mol. The number of benzene rings is 1. The fourth-order valence-corrected chi connectivity index (χ4v) is 3.77. The first-order valence-electron chi connectivity index (χ1n) is 7.67. The number of ether oxygens (including phenoxy) is 2. The Kier molecular flexibility index (Phi) is 4.16. The SMILES string of the molecule is COC(=O)C1[C@@H](OC(=O)c2ccccc2)C[C@@H]2CC[C@H]1N2C. The van der Waals surface area contributed by atoms with Gasteiger partial charge in [-0.1, -0.05) is 18.2 Å². The van der Waals surface area contributed by atoms with Crippen molar-refractivity contribution in [3.63, 3.8) is 0 Å². The molecule has 118 valence electrons. The van der Waals surface area contributed by atoms with Crippen molar-refractivity contribution in [2.75, 3.05) is 14.2 Å². The first-order valence-corrected chi connectivity index (χ1v) is 7.67. The van der Waals surface area contributed by atoms with Gasteiger partial charge in [0.2, 0.25) is 0 Å². The molecule has 2 aliphatic rings. The Labute approximate surface area is 130 Å². The van der Waals surface area contributed by atoms with Crippen LogP contribution < -0.4 is 0 Å². The number of hydrogen-bond donors (Lipinski definition) is 0. The minimum absolute atomic E-state index is 0.0970. The lowest BCUT2D eigenvalue weighted by Gasteiger charge is -2.40. The van der Waals surface area contributed by atoms with Crippen LogP contribution in [0.25, 0.3) is 0 Å². The molecule has 2 heterocycles. The number of carbonyl (C=O) groups excluding carboxylic acids is 2. The van der Waals surface area contributed by atoms with Crippen LogP contribution in [0.1, 0.15) is 29.6 Å². The molecule has 0 saturated carbocycles. The molecule has 1 unspecified atom stereocenters. The Bertz CT molecular complexity index is 559. The minimum atomic E-state index is -0.408. The standard InChI is InChI=1S/C17H21NO4/c1-18-12-8-9-13(18)15(17(20)21-2)14(10-12)22-16(19)11-6-4-3-5-7-11/h3-7,12-15H,8-10H2,1-2H3/t12-,13+,14-,15?/m0/s1. The Morgan fingerprint density at radius 2 is 1.91 bits per heavy atom. The molecule has 5 heteroatoms. The highest BCUT2D eigenvalue weighted by Gasteiger charge is 2.50. The van der Waals surface area contributed by atoms with Gasteiger partial charge in [-0.15, -0.1) is 0 Å². The summed E-state index contributed by atoms with van der Waals surface area (Å²) in [5.41, 5.74) is 0.511. The first-order chi connectivity index (χ1) is 10.6. The average molecular weight is 303 g/mol. The maximum atomic E-state index is 12.3. The third-order valence-corrected chi connectivity index (χ3v) is 4.96. The topological polar surface area (TPSA) is 55.8 Å². The maximum absolute atomic E-state index is 12.3. The molecule has 2 fully saturated rings. The molecule has 2 bridgehead atoms. The fraction of sp³-hybridized carbons (Fsp3) is 0.529. The van der Waals surface area contributed by atoms with Crippen molar-refractivity contribution in [2.45, 2.75) is 37.5 Å². The van der Waals surface area contributed by atoms with E-state index in [9.17, 15) is 9.59 Å². The Hall–Kier alpha value is -1.88. The molecule has 0 aromatic heterocycles. The normalized spacial score (nSPS) is 30.8. The summed E-state index contributed by atoms with van der Waals surface area (Å²) < 4.78 is 10.6. The van der Waals surface area contributed by atoms with Gasteiger partial charge in [0.25, 0.3) is 0 Å². The summed E-state index contributed by atoms with van der Waals surface area (Å²) in [7, 11) is 3.42. The zero-order valence-corrected chi connectivity index (χ0v) is 12.9. The lowest BCUT2D eigenvalue weighted by Crippen LogP contribution is -2.53. The van der Waals surface area contributed by atoms with Crippen LogP contribution in [-0.4, -0.2) is 49.2 Å². The number of esters is 2. The number of rotatable bonds is 3. The van der Waals surface area contributed by atoms with Crippen LogP contribution in [0.3, 0.4) is 0 Å². The van der Waals surface area contributed by atoms with Gasteiger partial charge in [0.1, 0.15) is 12.0 Å².